The summed E-state index contributed by atoms with van der Waals surface area (Å²) >= 11 is 0. The second-order valence-electron chi connectivity index (χ2n) is 5.63. The van der Waals surface area contributed by atoms with E-state index < -0.39 is 0 Å². The van der Waals surface area contributed by atoms with E-state index in [-0.39, 0.29) is 11.4 Å². The highest BCUT2D eigenvalue weighted by Gasteiger charge is 2.49. The van der Waals surface area contributed by atoms with E-state index in [0.717, 1.165) is 18.4 Å². The van der Waals surface area contributed by atoms with Crippen LogP contribution in [0.4, 0.5) is 4.39 Å². The van der Waals surface area contributed by atoms with E-state index in [1.54, 1.807) is 6.07 Å². The summed E-state index contributed by atoms with van der Waals surface area (Å²) in [5.41, 5.74) is 2.08. The largest absolute Gasteiger partial charge is 0.365 e. The van der Waals surface area contributed by atoms with Gasteiger partial charge in [0.15, 0.2) is 0 Å². The molecule has 0 saturated carbocycles. The maximum absolute atomic E-state index is 13.4. The van der Waals surface area contributed by atoms with Crippen molar-refractivity contribution in [3.8, 4) is 0 Å². The number of ether oxygens (including phenoxy) is 1. The summed E-state index contributed by atoms with van der Waals surface area (Å²) in [6, 6.07) is 6.22. The van der Waals surface area contributed by atoms with Crippen molar-refractivity contribution >= 4 is 0 Å². The topological polar surface area (TPSA) is 21.3 Å². The van der Waals surface area contributed by atoms with Gasteiger partial charge in [-0.3, -0.25) is 0 Å². The maximum atomic E-state index is 13.4. The van der Waals surface area contributed by atoms with E-state index in [0.29, 0.717) is 18.7 Å². The maximum Gasteiger partial charge on any atom is 0.123 e. The van der Waals surface area contributed by atoms with Gasteiger partial charge in [-0.1, -0.05) is 6.07 Å². The molecule has 0 radical (unpaired) electrons. The predicted molar refractivity (Wildman–Crippen MR) is 62.0 cm³/mol. The highest BCUT2D eigenvalue weighted by atomic mass is 19.1. The van der Waals surface area contributed by atoms with Gasteiger partial charge in [0.05, 0.1) is 12.2 Å². The molecule has 4 rings (SSSR count). The van der Waals surface area contributed by atoms with E-state index in [1.807, 2.05) is 6.07 Å². The lowest BCUT2D eigenvalue weighted by Crippen LogP contribution is -2.46. The second-order valence-corrected chi connectivity index (χ2v) is 5.63. The van der Waals surface area contributed by atoms with E-state index in [2.05, 4.69) is 5.32 Å². The van der Waals surface area contributed by atoms with Crippen LogP contribution in [-0.2, 0) is 16.9 Å². The lowest BCUT2D eigenvalue weighted by molar-refractivity contribution is -0.0709. The molecule has 2 saturated heterocycles. The molecule has 3 aliphatic rings. The molecule has 1 spiro atoms. The van der Waals surface area contributed by atoms with Crippen LogP contribution >= 0.6 is 0 Å². The van der Waals surface area contributed by atoms with Crippen LogP contribution in [0.25, 0.3) is 0 Å². The Hall–Kier alpha value is -0.930. The molecule has 3 aliphatic heterocycles. The molecule has 2 bridgehead atoms. The number of nitrogens with one attached hydrogen (secondary N) is 1. The molecule has 2 nitrogen and oxygen atoms in total. The lowest BCUT2D eigenvalue weighted by atomic mass is 9.81. The molecular formula is C14H16FNO. The standard InChI is InChI=1S/C14H16FNO/c15-10-2-1-9-8-17-14(13(9)5-10)6-11-3-4-12(7-14)16-11/h1-2,5,11-12,16H,3-4,6-8H2. The summed E-state index contributed by atoms with van der Waals surface area (Å²) in [5.74, 6) is -0.139. The molecule has 2 atom stereocenters. The first-order chi connectivity index (χ1) is 8.25. The van der Waals surface area contributed by atoms with Gasteiger partial charge in [-0.25, -0.2) is 4.39 Å². The molecule has 17 heavy (non-hydrogen) atoms. The van der Waals surface area contributed by atoms with Crippen LogP contribution in [0.15, 0.2) is 18.2 Å². The van der Waals surface area contributed by atoms with Crippen LogP contribution in [0.5, 0.6) is 0 Å². The first-order valence-electron chi connectivity index (χ1n) is 6.44. The van der Waals surface area contributed by atoms with Gasteiger partial charge in [0.1, 0.15) is 5.82 Å². The molecule has 3 heteroatoms. The molecule has 3 heterocycles. The van der Waals surface area contributed by atoms with Crippen molar-refractivity contribution in [3.63, 3.8) is 0 Å². The Morgan fingerprint density at radius 2 is 2.00 bits per heavy atom. The molecular weight excluding hydrogens is 217 g/mol. The summed E-state index contributed by atoms with van der Waals surface area (Å²) in [5, 5.41) is 3.61. The quantitative estimate of drug-likeness (QED) is 0.743. The Balaban J connectivity index is 1.79. The van der Waals surface area contributed by atoms with Crippen LogP contribution in [0, 0.1) is 5.82 Å². The third-order valence-corrected chi connectivity index (χ3v) is 4.55. The SMILES string of the molecule is Fc1ccc2c(c1)C1(CC3CCC(C1)N3)OC2. The van der Waals surface area contributed by atoms with Crippen molar-refractivity contribution < 1.29 is 9.13 Å². The molecule has 1 aromatic carbocycles. The smallest absolute Gasteiger partial charge is 0.123 e. The summed E-state index contributed by atoms with van der Waals surface area (Å²) in [7, 11) is 0. The van der Waals surface area contributed by atoms with Crippen molar-refractivity contribution in [2.45, 2.75) is 50.0 Å². The first kappa shape index (κ1) is 10.0. The van der Waals surface area contributed by atoms with Crippen molar-refractivity contribution in [1.29, 1.82) is 0 Å². The van der Waals surface area contributed by atoms with Gasteiger partial charge < -0.3 is 10.1 Å². The number of benzene rings is 1. The molecule has 2 fully saturated rings. The Kier molecular flexibility index (Phi) is 1.95. The minimum atomic E-state index is -0.200. The summed E-state index contributed by atoms with van der Waals surface area (Å²) in [6.07, 6.45) is 4.47. The summed E-state index contributed by atoms with van der Waals surface area (Å²) in [6.45, 7) is 0.648. The number of fused-ring (bicyclic) bond motifs is 4. The van der Waals surface area contributed by atoms with Crippen molar-refractivity contribution in [1.82, 2.24) is 5.32 Å². The van der Waals surface area contributed by atoms with Crippen LogP contribution in [0.3, 0.4) is 0 Å². The van der Waals surface area contributed by atoms with Crippen molar-refractivity contribution in [2.24, 2.45) is 0 Å². The average molecular weight is 233 g/mol. The minimum absolute atomic E-state index is 0.139. The Morgan fingerprint density at radius 1 is 1.24 bits per heavy atom. The molecule has 1 aromatic rings. The van der Waals surface area contributed by atoms with E-state index >= 15 is 0 Å². The minimum Gasteiger partial charge on any atom is -0.365 e. The first-order valence-corrected chi connectivity index (χ1v) is 6.44. The fraction of sp³-hybridized carbons (Fsp3) is 0.571. The average Bonchev–Trinajstić information content (AvgIpc) is 2.82. The van der Waals surface area contributed by atoms with Crippen molar-refractivity contribution in [2.75, 3.05) is 0 Å². The second kappa shape index (κ2) is 3.30. The van der Waals surface area contributed by atoms with E-state index in [9.17, 15) is 4.39 Å². The Labute approximate surface area is 100 Å². The fourth-order valence-electron chi connectivity index (χ4n) is 3.83. The van der Waals surface area contributed by atoms with Crippen LogP contribution < -0.4 is 5.32 Å². The van der Waals surface area contributed by atoms with Gasteiger partial charge in [0.2, 0.25) is 0 Å². The number of rotatable bonds is 0. The van der Waals surface area contributed by atoms with Gasteiger partial charge >= 0.3 is 0 Å². The molecule has 2 unspecified atom stereocenters. The molecule has 0 amide bonds. The third kappa shape index (κ3) is 1.39. The zero-order chi connectivity index (χ0) is 11.5. The Bertz CT molecular complexity index is 461. The summed E-state index contributed by atoms with van der Waals surface area (Å²) < 4.78 is 19.5. The number of halogens is 1. The van der Waals surface area contributed by atoms with Gasteiger partial charge in [-0.2, -0.15) is 0 Å². The third-order valence-electron chi connectivity index (χ3n) is 4.55. The zero-order valence-corrected chi connectivity index (χ0v) is 9.71. The fourth-order valence-corrected chi connectivity index (χ4v) is 3.83. The van der Waals surface area contributed by atoms with E-state index in [4.69, 9.17) is 4.74 Å². The van der Waals surface area contributed by atoms with Gasteiger partial charge in [-0.05, 0) is 48.9 Å². The zero-order valence-electron chi connectivity index (χ0n) is 9.71. The normalized spacial score (nSPS) is 38.6. The van der Waals surface area contributed by atoms with Gasteiger partial charge in [0.25, 0.3) is 0 Å². The number of hydrogen-bond donors (Lipinski definition) is 1. The number of hydrogen-bond acceptors (Lipinski definition) is 2. The predicted octanol–water partition coefficient (Wildman–Crippen LogP) is 2.47. The summed E-state index contributed by atoms with van der Waals surface area (Å²) in [4.78, 5) is 0. The molecule has 0 aromatic heterocycles. The van der Waals surface area contributed by atoms with Crippen LogP contribution in [0.2, 0.25) is 0 Å². The van der Waals surface area contributed by atoms with Crippen LogP contribution in [0.1, 0.15) is 36.8 Å². The van der Waals surface area contributed by atoms with E-state index in [1.165, 1.54) is 24.5 Å². The lowest BCUT2D eigenvalue weighted by Gasteiger charge is -2.38. The highest BCUT2D eigenvalue weighted by molar-refractivity contribution is 5.37. The molecule has 1 N–H and O–H groups in total. The number of piperidine rings is 1. The van der Waals surface area contributed by atoms with Crippen LogP contribution in [-0.4, -0.2) is 12.1 Å². The highest BCUT2D eigenvalue weighted by Crippen LogP contribution is 2.48. The Morgan fingerprint density at radius 3 is 2.76 bits per heavy atom. The molecule has 0 aliphatic carbocycles. The van der Waals surface area contributed by atoms with Gasteiger partial charge in [-0.15, -0.1) is 0 Å². The van der Waals surface area contributed by atoms with Gasteiger partial charge in [0, 0.05) is 12.1 Å². The monoisotopic (exact) mass is 233 g/mol. The van der Waals surface area contributed by atoms with Crippen molar-refractivity contribution in [3.05, 3.63) is 35.1 Å². The molecule has 90 valence electrons.